The zero-order valence-electron chi connectivity index (χ0n) is 9.20. The molecule has 3 nitrogen and oxygen atoms in total. The first-order valence-corrected chi connectivity index (χ1v) is 5.58. The predicted molar refractivity (Wildman–Crippen MR) is 59.7 cm³/mol. The van der Waals surface area contributed by atoms with Gasteiger partial charge in [0.15, 0.2) is 0 Å². The molecule has 0 amide bonds. The number of hydrogen-bond acceptors (Lipinski definition) is 3. The number of rotatable bonds is 3. The summed E-state index contributed by atoms with van der Waals surface area (Å²) in [6, 6.07) is 4.57. The summed E-state index contributed by atoms with van der Waals surface area (Å²) in [6.45, 7) is 4.70. The molecule has 0 aliphatic carbocycles. The van der Waals surface area contributed by atoms with E-state index in [0.29, 0.717) is 6.04 Å². The van der Waals surface area contributed by atoms with E-state index in [9.17, 15) is 0 Å². The van der Waals surface area contributed by atoms with E-state index >= 15 is 0 Å². The van der Waals surface area contributed by atoms with Gasteiger partial charge in [-0.3, -0.25) is 4.98 Å². The van der Waals surface area contributed by atoms with Gasteiger partial charge < -0.3 is 10.1 Å². The molecule has 1 saturated heterocycles. The van der Waals surface area contributed by atoms with E-state index in [0.717, 1.165) is 25.5 Å². The fourth-order valence-corrected chi connectivity index (χ4v) is 1.85. The maximum absolute atomic E-state index is 5.42. The van der Waals surface area contributed by atoms with Gasteiger partial charge in [-0.25, -0.2) is 0 Å². The largest absolute Gasteiger partial charge is 0.380 e. The van der Waals surface area contributed by atoms with Gasteiger partial charge in [0.05, 0.1) is 12.3 Å². The third-order valence-electron chi connectivity index (χ3n) is 2.84. The second-order valence-corrected chi connectivity index (χ2v) is 4.06. The van der Waals surface area contributed by atoms with Crippen LogP contribution in [0.3, 0.4) is 0 Å². The van der Waals surface area contributed by atoms with Gasteiger partial charge >= 0.3 is 0 Å². The summed E-state index contributed by atoms with van der Waals surface area (Å²) < 4.78 is 5.42. The highest BCUT2D eigenvalue weighted by Crippen LogP contribution is 2.08. The predicted octanol–water partition coefficient (Wildman–Crippen LogP) is 1.66. The molecule has 15 heavy (non-hydrogen) atoms. The van der Waals surface area contributed by atoms with Crippen molar-refractivity contribution in [3.63, 3.8) is 0 Å². The normalized spacial score (nSPS) is 21.5. The Kier molecular flexibility index (Phi) is 3.69. The average Bonchev–Trinajstić information content (AvgIpc) is 2.29. The van der Waals surface area contributed by atoms with Crippen molar-refractivity contribution in [2.75, 3.05) is 13.2 Å². The fourth-order valence-electron chi connectivity index (χ4n) is 1.85. The van der Waals surface area contributed by atoms with Gasteiger partial charge in [-0.15, -0.1) is 0 Å². The lowest BCUT2D eigenvalue weighted by Crippen LogP contribution is -2.36. The van der Waals surface area contributed by atoms with Crippen LogP contribution in [0.5, 0.6) is 0 Å². The molecule has 1 fully saturated rings. The Morgan fingerprint density at radius 1 is 1.60 bits per heavy atom. The number of nitrogens with one attached hydrogen (secondary N) is 1. The van der Waals surface area contributed by atoms with E-state index in [2.05, 4.69) is 23.3 Å². The Bertz CT molecular complexity index is 308. The third-order valence-corrected chi connectivity index (χ3v) is 2.84. The first-order valence-electron chi connectivity index (χ1n) is 5.58. The van der Waals surface area contributed by atoms with Crippen molar-refractivity contribution < 1.29 is 4.74 Å². The Hall–Kier alpha value is -0.930. The highest BCUT2D eigenvalue weighted by atomic mass is 16.5. The number of aromatic nitrogens is 1. The summed E-state index contributed by atoms with van der Waals surface area (Å²) >= 11 is 0. The molecule has 1 aliphatic heterocycles. The molecule has 1 aromatic heterocycles. The van der Waals surface area contributed by atoms with E-state index in [1.54, 1.807) is 0 Å². The van der Waals surface area contributed by atoms with E-state index in [1.807, 2.05) is 12.3 Å². The minimum Gasteiger partial charge on any atom is -0.380 e. The highest BCUT2D eigenvalue weighted by Gasteiger charge is 2.13. The Morgan fingerprint density at radius 2 is 2.53 bits per heavy atom. The molecule has 0 bridgehead atoms. The summed E-state index contributed by atoms with van der Waals surface area (Å²) in [5.41, 5.74) is 2.39. The molecule has 1 N–H and O–H groups in total. The van der Waals surface area contributed by atoms with Crippen molar-refractivity contribution in [2.24, 2.45) is 0 Å². The highest BCUT2D eigenvalue weighted by molar-refractivity contribution is 5.17. The summed E-state index contributed by atoms with van der Waals surface area (Å²) in [4.78, 5) is 4.36. The molecular formula is C12H18N2O. The van der Waals surface area contributed by atoms with Crippen LogP contribution in [0.2, 0.25) is 0 Å². The Morgan fingerprint density at radius 3 is 3.27 bits per heavy atom. The topological polar surface area (TPSA) is 34.2 Å². The zero-order chi connectivity index (χ0) is 10.5. The van der Waals surface area contributed by atoms with Gasteiger partial charge in [0, 0.05) is 25.4 Å². The van der Waals surface area contributed by atoms with Gasteiger partial charge in [-0.1, -0.05) is 6.07 Å². The maximum atomic E-state index is 5.42. The monoisotopic (exact) mass is 206 g/mol. The SMILES string of the molecule is Cc1cccnc1CNC1CCCOC1. The summed E-state index contributed by atoms with van der Waals surface area (Å²) in [7, 11) is 0. The molecule has 2 rings (SSSR count). The molecule has 1 aliphatic rings. The maximum Gasteiger partial charge on any atom is 0.0619 e. The van der Waals surface area contributed by atoms with Crippen LogP contribution in [0.15, 0.2) is 18.3 Å². The van der Waals surface area contributed by atoms with E-state index < -0.39 is 0 Å². The molecule has 1 aromatic rings. The molecule has 1 atom stereocenters. The minimum absolute atomic E-state index is 0.500. The third kappa shape index (κ3) is 3.01. The summed E-state index contributed by atoms with van der Waals surface area (Å²) in [6.07, 6.45) is 4.23. The molecule has 82 valence electrons. The van der Waals surface area contributed by atoms with Crippen LogP contribution in [-0.2, 0) is 11.3 Å². The number of pyridine rings is 1. The molecule has 0 aromatic carbocycles. The summed E-state index contributed by atoms with van der Waals surface area (Å²) in [5, 5.41) is 3.49. The lowest BCUT2D eigenvalue weighted by molar-refractivity contribution is 0.0698. The molecule has 0 spiro atoms. The number of hydrogen-bond donors (Lipinski definition) is 1. The van der Waals surface area contributed by atoms with E-state index in [1.165, 1.54) is 18.4 Å². The second kappa shape index (κ2) is 5.24. The van der Waals surface area contributed by atoms with E-state index in [4.69, 9.17) is 4.74 Å². The van der Waals surface area contributed by atoms with Crippen molar-refractivity contribution >= 4 is 0 Å². The van der Waals surface area contributed by atoms with Crippen LogP contribution >= 0.6 is 0 Å². The van der Waals surface area contributed by atoms with Crippen LogP contribution in [0.25, 0.3) is 0 Å². The standard InChI is InChI=1S/C12H18N2O/c1-10-4-2-6-13-12(10)8-14-11-5-3-7-15-9-11/h2,4,6,11,14H,3,5,7-9H2,1H3. The smallest absolute Gasteiger partial charge is 0.0619 e. The summed E-state index contributed by atoms with van der Waals surface area (Å²) in [5.74, 6) is 0. The minimum atomic E-state index is 0.500. The molecule has 3 heteroatoms. The van der Waals surface area contributed by atoms with Gasteiger partial charge in [0.1, 0.15) is 0 Å². The van der Waals surface area contributed by atoms with Crippen LogP contribution in [0.1, 0.15) is 24.1 Å². The molecule has 1 unspecified atom stereocenters. The van der Waals surface area contributed by atoms with Crippen LogP contribution in [0.4, 0.5) is 0 Å². The van der Waals surface area contributed by atoms with Crippen LogP contribution in [0, 0.1) is 6.92 Å². The van der Waals surface area contributed by atoms with Gasteiger partial charge in [-0.2, -0.15) is 0 Å². The number of ether oxygens (including phenoxy) is 1. The van der Waals surface area contributed by atoms with Gasteiger partial charge in [0.2, 0.25) is 0 Å². The van der Waals surface area contributed by atoms with Crippen molar-refractivity contribution in [1.29, 1.82) is 0 Å². The first-order chi connectivity index (χ1) is 7.36. The zero-order valence-corrected chi connectivity index (χ0v) is 9.20. The van der Waals surface area contributed by atoms with E-state index in [-0.39, 0.29) is 0 Å². The van der Waals surface area contributed by atoms with Crippen LogP contribution in [-0.4, -0.2) is 24.2 Å². The molecule has 0 radical (unpaired) electrons. The molecule has 2 heterocycles. The lowest BCUT2D eigenvalue weighted by atomic mass is 10.1. The Balaban J connectivity index is 1.84. The van der Waals surface area contributed by atoms with Crippen molar-refractivity contribution in [2.45, 2.75) is 32.4 Å². The van der Waals surface area contributed by atoms with Crippen molar-refractivity contribution in [3.8, 4) is 0 Å². The number of nitrogens with zero attached hydrogens (tertiary/aromatic N) is 1. The lowest BCUT2D eigenvalue weighted by Gasteiger charge is -2.23. The van der Waals surface area contributed by atoms with Gasteiger partial charge in [0.25, 0.3) is 0 Å². The molecular weight excluding hydrogens is 188 g/mol. The molecule has 0 saturated carbocycles. The average molecular weight is 206 g/mol. The first kappa shape index (κ1) is 10.6. The number of aryl methyl sites for hydroxylation is 1. The van der Waals surface area contributed by atoms with Gasteiger partial charge in [-0.05, 0) is 31.4 Å². The quantitative estimate of drug-likeness (QED) is 0.816. The van der Waals surface area contributed by atoms with Crippen LogP contribution < -0.4 is 5.32 Å². The van der Waals surface area contributed by atoms with Crippen molar-refractivity contribution in [3.05, 3.63) is 29.6 Å². The Labute approximate surface area is 90.9 Å². The fraction of sp³-hybridized carbons (Fsp3) is 0.583. The second-order valence-electron chi connectivity index (χ2n) is 4.06. The van der Waals surface area contributed by atoms with Crippen molar-refractivity contribution in [1.82, 2.24) is 10.3 Å².